The molecule has 1 aromatic heterocycles. The average molecular weight is 380 g/mol. The molecule has 0 aromatic carbocycles. The highest BCUT2D eigenvalue weighted by molar-refractivity contribution is 5.80. The molecule has 2 N–H and O–H groups in total. The number of hydrogen-bond donors (Lipinski definition) is 2. The Morgan fingerprint density at radius 1 is 1.37 bits per heavy atom. The fourth-order valence-corrected chi connectivity index (χ4v) is 3.45. The molecule has 1 amide bonds. The maximum Gasteiger partial charge on any atom is 0.409 e. The molecule has 1 aliphatic rings. The van der Waals surface area contributed by atoms with Crippen LogP contribution in [0.4, 0.5) is 4.79 Å². The highest BCUT2D eigenvalue weighted by Crippen LogP contribution is 2.23. The number of nitrogens with zero attached hydrogens (tertiary/aromatic N) is 3. The SMILES string of the molecule is CCNC(=NCC(C)c1c(C)noc1C)NC1CCN(C(=O)OCC)CC1. The van der Waals surface area contributed by atoms with Crippen molar-refractivity contribution >= 4 is 12.1 Å². The molecule has 8 nitrogen and oxygen atoms in total. The summed E-state index contributed by atoms with van der Waals surface area (Å²) in [6, 6.07) is 0.294. The molecule has 8 heteroatoms. The van der Waals surface area contributed by atoms with Crippen LogP contribution >= 0.6 is 0 Å². The molecule has 1 fully saturated rings. The number of amides is 1. The third-order valence-corrected chi connectivity index (χ3v) is 4.81. The van der Waals surface area contributed by atoms with E-state index in [1.54, 1.807) is 4.90 Å². The number of piperidine rings is 1. The summed E-state index contributed by atoms with van der Waals surface area (Å²) in [5.41, 5.74) is 2.07. The van der Waals surface area contributed by atoms with Crippen LogP contribution in [0.3, 0.4) is 0 Å². The number of nitrogens with one attached hydrogen (secondary N) is 2. The first-order valence-electron chi connectivity index (χ1n) is 9.85. The standard InChI is InChI=1S/C19H33N5O3/c1-6-20-18(21-12-13(3)17-14(4)23-27-15(17)5)22-16-8-10-24(11-9-16)19(25)26-7-2/h13,16H,6-12H2,1-5H3,(H2,20,21,22). The Morgan fingerprint density at radius 3 is 2.63 bits per heavy atom. The molecule has 0 spiro atoms. The number of aromatic nitrogens is 1. The van der Waals surface area contributed by atoms with Gasteiger partial charge in [-0.25, -0.2) is 4.79 Å². The van der Waals surface area contributed by atoms with E-state index in [9.17, 15) is 4.79 Å². The Morgan fingerprint density at radius 2 is 2.07 bits per heavy atom. The van der Waals surface area contributed by atoms with Crippen LogP contribution in [0.2, 0.25) is 0 Å². The van der Waals surface area contributed by atoms with Gasteiger partial charge in [-0.15, -0.1) is 0 Å². The fraction of sp³-hybridized carbons (Fsp3) is 0.737. The van der Waals surface area contributed by atoms with Crippen LogP contribution in [-0.4, -0.2) is 60.9 Å². The highest BCUT2D eigenvalue weighted by atomic mass is 16.6. The number of hydrogen-bond acceptors (Lipinski definition) is 5. The zero-order chi connectivity index (χ0) is 19.8. The minimum atomic E-state index is -0.218. The molecule has 1 atom stereocenters. The van der Waals surface area contributed by atoms with E-state index in [2.05, 4.69) is 29.6 Å². The van der Waals surface area contributed by atoms with Crippen molar-refractivity contribution in [1.29, 1.82) is 0 Å². The Hall–Kier alpha value is -2.25. The van der Waals surface area contributed by atoms with E-state index in [0.29, 0.717) is 32.3 Å². The first-order chi connectivity index (χ1) is 13.0. The minimum Gasteiger partial charge on any atom is -0.450 e. The summed E-state index contributed by atoms with van der Waals surface area (Å²) in [7, 11) is 0. The zero-order valence-electron chi connectivity index (χ0n) is 17.2. The van der Waals surface area contributed by atoms with E-state index in [-0.39, 0.29) is 12.0 Å². The third kappa shape index (κ3) is 5.87. The molecule has 0 radical (unpaired) electrons. The number of likely N-dealkylation sites (tertiary alicyclic amines) is 1. The second-order valence-electron chi connectivity index (χ2n) is 6.96. The van der Waals surface area contributed by atoms with Gasteiger partial charge in [0.1, 0.15) is 5.76 Å². The molecular weight excluding hydrogens is 346 g/mol. The molecule has 1 unspecified atom stereocenters. The van der Waals surface area contributed by atoms with Crippen molar-refractivity contribution in [1.82, 2.24) is 20.7 Å². The predicted molar refractivity (Wildman–Crippen MR) is 105 cm³/mol. The highest BCUT2D eigenvalue weighted by Gasteiger charge is 2.24. The number of ether oxygens (including phenoxy) is 1. The summed E-state index contributed by atoms with van der Waals surface area (Å²) in [4.78, 5) is 18.3. The molecule has 0 bridgehead atoms. The summed E-state index contributed by atoms with van der Waals surface area (Å²) in [6.07, 6.45) is 1.54. The van der Waals surface area contributed by atoms with Crippen molar-refractivity contribution in [3.63, 3.8) is 0 Å². The molecule has 1 aromatic rings. The first kappa shape index (κ1) is 21.1. The summed E-state index contributed by atoms with van der Waals surface area (Å²) < 4.78 is 10.3. The number of aryl methyl sites for hydroxylation is 2. The second kappa shape index (κ2) is 10.2. The molecular formula is C19H33N5O3. The van der Waals surface area contributed by atoms with Crippen LogP contribution in [0.5, 0.6) is 0 Å². The van der Waals surface area contributed by atoms with Crippen molar-refractivity contribution in [3.05, 3.63) is 17.0 Å². The van der Waals surface area contributed by atoms with Crippen molar-refractivity contribution in [2.24, 2.45) is 4.99 Å². The molecule has 152 valence electrons. The van der Waals surface area contributed by atoms with E-state index >= 15 is 0 Å². The molecule has 1 aliphatic heterocycles. The van der Waals surface area contributed by atoms with Crippen LogP contribution in [0.15, 0.2) is 9.52 Å². The number of guanidine groups is 1. The third-order valence-electron chi connectivity index (χ3n) is 4.81. The molecule has 2 rings (SSSR count). The largest absolute Gasteiger partial charge is 0.450 e. The lowest BCUT2D eigenvalue weighted by atomic mass is 10.00. The van der Waals surface area contributed by atoms with Gasteiger partial charge >= 0.3 is 6.09 Å². The van der Waals surface area contributed by atoms with Gasteiger partial charge in [-0.3, -0.25) is 4.99 Å². The second-order valence-corrected chi connectivity index (χ2v) is 6.96. The monoisotopic (exact) mass is 379 g/mol. The fourth-order valence-electron chi connectivity index (χ4n) is 3.45. The van der Waals surface area contributed by atoms with Gasteiger partial charge in [0.25, 0.3) is 0 Å². The van der Waals surface area contributed by atoms with E-state index in [0.717, 1.165) is 42.4 Å². The van der Waals surface area contributed by atoms with Crippen molar-refractivity contribution in [2.75, 3.05) is 32.8 Å². The van der Waals surface area contributed by atoms with Crippen LogP contribution < -0.4 is 10.6 Å². The van der Waals surface area contributed by atoms with Gasteiger partial charge in [-0.1, -0.05) is 12.1 Å². The van der Waals surface area contributed by atoms with Gasteiger partial charge in [-0.05, 0) is 40.5 Å². The summed E-state index contributed by atoms with van der Waals surface area (Å²) in [6.45, 7) is 13.2. The summed E-state index contributed by atoms with van der Waals surface area (Å²) in [5, 5.41) is 10.8. The van der Waals surface area contributed by atoms with Crippen molar-refractivity contribution in [3.8, 4) is 0 Å². The van der Waals surface area contributed by atoms with Gasteiger partial charge < -0.3 is 24.8 Å². The Bertz CT molecular complexity index is 616. The number of carbonyl (C=O) groups is 1. The average Bonchev–Trinajstić information content (AvgIpc) is 2.99. The van der Waals surface area contributed by atoms with Crippen LogP contribution in [0, 0.1) is 13.8 Å². The van der Waals surface area contributed by atoms with E-state index in [4.69, 9.17) is 14.3 Å². The number of carbonyl (C=O) groups excluding carboxylic acids is 1. The predicted octanol–water partition coefficient (Wildman–Crippen LogP) is 2.57. The Labute approximate surface area is 161 Å². The lowest BCUT2D eigenvalue weighted by Crippen LogP contribution is -2.50. The molecule has 1 saturated heterocycles. The van der Waals surface area contributed by atoms with Gasteiger partial charge in [-0.2, -0.15) is 0 Å². The number of rotatable bonds is 6. The summed E-state index contributed by atoms with van der Waals surface area (Å²) in [5.74, 6) is 1.91. The maximum atomic E-state index is 11.8. The quantitative estimate of drug-likeness (QED) is 0.583. The van der Waals surface area contributed by atoms with Gasteiger partial charge in [0.15, 0.2) is 5.96 Å². The molecule has 0 saturated carbocycles. The maximum absolute atomic E-state index is 11.8. The van der Waals surface area contributed by atoms with Crippen LogP contribution in [0.25, 0.3) is 0 Å². The normalized spacial score (nSPS) is 16.9. The zero-order valence-corrected chi connectivity index (χ0v) is 17.2. The minimum absolute atomic E-state index is 0.218. The van der Waals surface area contributed by atoms with E-state index in [1.807, 2.05) is 20.8 Å². The topological polar surface area (TPSA) is 92.0 Å². The lowest BCUT2D eigenvalue weighted by molar-refractivity contribution is 0.0963. The van der Waals surface area contributed by atoms with Crippen LogP contribution in [0.1, 0.15) is 56.5 Å². The number of aliphatic imine (C=N–C) groups is 1. The Balaban J connectivity index is 1.90. The van der Waals surface area contributed by atoms with Gasteiger partial charge in [0.2, 0.25) is 0 Å². The molecule has 2 heterocycles. The lowest BCUT2D eigenvalue weighted by Gasteiger charge is -2.32. The van der Waals surface area contributed by atoms with E-state index in [1.165, 1.54) is 0 Å². The van der Waals surface area contributed by atoms with Gasteiger partial charge in [0.05, 0.1) is 12.3 Å². The van der Waals surface area contributed by atoms with Crippen molar-refractivity contribution < 1.29 is 14.1 Å². The smallest absolute Gasteiger partial charge is 0.409 e. The first-order valence-corrected chi connectivity index (χ1v) is 9.85. The summed E-state index contributed by atoms with van der Waals surface area (Å²) >= 11 is 0. The molecule has 0 aliphatic carbocycles. The Kier molecular flexibility index (Phi) is 7.94. The van der Waals surface area contributed by atoms with Gasteiger partial charge in [0, 0.05) is 43.7 Å². The van der Waals surface area contributed by atoms with Crippen LogP contribution in [-0.2, 0) is 4.74 Å². The van der Waals surface area contributed by atoms with Crippen molar-refractivity contribution in [2.45, 2.75) is 59.4 Å². The molecule has 27 heavy (non-hydrogen) atoms. The van der Waals surface area contributed by atoms with E-state index < -0.39 is 0 Å².